The van der Waals surface area contributed by atoms with Crippen molar-refractivity contribution < 1.29 is 13.7 Å². The van der Waals surface area contributed by atoms with Gasteiger partial charge in [-0.05, 0) is 6.07 Å². The van der Waals surface area contributed by atoms with Crippen molar-refractivity contribution in [3.8, 4) is 0 Å². The Morgan fingerprint density at radius 2 is 2.29 bits per heavy atom. The molecule has 0 unspecified atom stereocenters. The molecule has 0 radical (unpaired) electrons. The first-order chi connectivity index (χ1) is 8.15. The third-order valence-electron chi connectivity index (χ3n) is 2.04. The van der Waals surface area contributed by atoms with Crippen LogP contribution < -0.4 is 5.32 Å². The fourth-order valence-corrected chi connectivity index (χ4v) is 1.30. The van der Waals surface area contributed by atoms with Crippen molar-refractivity contribution in [3.05, 3.63) is 52.5 Å². The number of hydrogen-bond acceptors (Lipinski definition) is 5. The van der Waals surface area contributed by atoms with Gasteiger partial charge in [-0.2, -0.15) is 0 Å². The second kappa shape index (κ2) is 4.60. The summed E-state index contributed by atoms with van der Waals surface area (Å²) in [7, 11) is 0. The number of rotatable bonds is 4. The zero-order valence-corrected chi connectivity index (χ0v) is 8.59. The van der Waals surface area contributed by atoms with Crippen LogP contribution in [0.4, 0.5) is 15.8 Å². The van der Waals surface area contributed by atoms with Crippen molar-refractivity contribution in [2.75, 3.05) is 5.32 Å². The van der Waals surface area contributed by atoms with Crippen molar-refractivity contribution in [2.24, 2.45) is 0 Å². The zero-order valence-electron chi connectivity index (χ0n) is 8.59. The highest BCUT2D eigenvalue weighted by Gasteiger charge is 2.09. The average Bonchev–Trinajstić information content (AvgIpc) is 2.78. The summed E-state index contributed by atoms with van der Waals surface area (Å²) >= 11 is 0. The molecule has 0 bridgehead atoms. The Labute approximate surface area is 95.2 Å². The maximum atomic E-state index is 13.1. The van der Waals surface area contributed by atoms with Crippen molar-refractivity contribution in [3.63, 3.8) is 0 Å². The Bertz CT molecular complexity index is 528. The van der Waals surface area contributed by atoms with E-state index in [-0.39, 0.29) is 12.2 Å². The second-order valence-electron chi connectivity index (χ2n) is 3.28. The van der Waals surface area contributed by atoms with Gasteiger partial charge in [-0.15, -0.1) is 0 Å². The van der Waals surface area contributed by atoms with Crippen LogP contribution >= 0.6 is 0 Å². The number of hydrogen-bond donors (Lipinski definition) is 1. The van der Waals surface area contributed by atoms with E-state index < -0.39 is 10.7 Å². The van der Waals surface area contributed by atoms with Crippen molar-refractivity contribution in [1.29, 1.82) is 0 Å². The summed E-state index contributed by atoms with van der Waals surface area (Å²) in [5, 5.41) is 13.3. The largest absolute Gasteiger partial charge is 0.447 e. The SMILES string of the molecule is O=[N+]([O-])c1cc(F)cc(NCc2cnco2)c1. The molecule has 0 saturated carbocycles. The Balaban J connectivity index is 2.13. The first-order valence-electron chi connectivity index (χ1n) is 4.71. The van der Waals surface area contributed by atoms with Gasteiger partial charge in [-0.25, -0.2) is 9.37 Å². The predicted octanol–water partition coefficient (Wildman–Crippen LogP) is 2.33. The van der Waals surface area contributed by atoms with Crippen molar-refractivity contribution >= 4 is 11.4 Å². The van der Waals surface area contributed by atoms with Gasteiger partial charge in [-0.1, -0.05) is 0 Å². The highest BCUT2D eigenvalue weighted by molar-refractivity contribution is 5.51. The topological polar surface area (TPSA) is 81.2 Å². The molecule has 88 valence electrons. The predicted molar refractivity (Wildman–Crippen MR) is 56.9 cm³/mol. The first-order valence-corrected chi connectivity index (χ1v) is 4.71. The normalized spacial score (nSPS) is 10.2. The highest BCUT2D eigenvalue weighted by Crippen LogP contribution is 2.20. The fourth-order valence-electron chi connectivity index (χ4n) is 1.30. The van der Waals surface area contributed by atoms with E-state index >= 15 is 0 Å². The maximum absolute atomic E-state index is 13.1. The molecular weight excluding hydrogens is 229 g/mol. The van der Waals surface area contributed by atoms with E-state index in [0.717, 1.165) is 6.07 Å². The van der Waals surface area contributed by atoms with E-state index in [9.17, 15) is 14.5 Å². The van der Waals surface area contributed by atoms with Crippen molar-refractivity contribution in [2.45, 2.75) is 6.54 Å². The Morgan fingerprint density at radius 3 is 2.94 bits per heavy atom. The van der Waals surface area contributed by atoms with E-state index in [4.69, 9.17) is 4.42 Å². The molecule has 17 heavy (non-hydrogen) atoms. The number of benzene rings is 1. The molecule has 0 fully saturated rings. The molecule has 0 aliphatic carbocycles. The van der Waals surface area contributed by atoms with Crippen LogP contribution in [0.1, 0.15) is 5.76 Å². The van der Waals surface area contributed by atoms with E-state index in [2.05, 4.69) is 10.3 Å². The third-order valence-corrected chi connectivity index (χ3v) is 2.04. The van der Waals surface area contributed by atoms with E-state index in [1.165, 1.54) is 24.7 Å². The summed E-state index contributed by atoms with van der Waals surface area (Å²) in [6.07, 6.45) is 2.77. The number of nitrogens with zero attached hydrogens (tertiary/aromatic N) is 2. The molecule has 1 N–H and O–H groups in total. The summed E-state index contributed by atoms with van der Waals surface area (Å²) in [4.78, 5) is 13.6. The van der Waals surface area contributed by atoms with Gasteiger partial charge in [0.15, 0.2) is 6.39 Å². The lowest BCUT2D eigenvalue weighted by molar-refractivity contribution is -0.385. The molecule has 1 aromatic heterocycles. The van der Waals surface area contributed by atoms with Gasteiger partial charge in [-0.3, -0.25) is 10.1 Å². The Hall–Kier alpha value is -2.44. The van der Waals surface area contributed by atoms with Crippen molar-refractivity contribution in [1.82, 2.24) is 4.98 Å². The van der Waals surface area contributed by atoms with Gasteiger partial charge in [0.2, 0.25) is 0 Å². The molecule has 0 atom stereocenters. The van der Waals surface area contributed by atoms with Gasteiger partial charge in [0, 0.05) is 11.8 Å². The summed E-state index contributed by atoms with van der Waals surface area (Å²) in [6.45, 7) is 0.278. The number of halogens is 1. The van der Waals surface area contributed by atoms with Gasteiger partial charge in [0.25, 0.3) is 5.69 Å². The molecule has 0 amide bonds. The summed E-state index contributed by atoms with van der Waals surface area (Å²) in [6, 6.07) is 3.28. The molecule has 1 heterocycles. The average molecular weight is 237 g/mol. The molecule has 0 aliphatic heterocycles. The van der Waals surface area contributed by atoms with Crippen LogP contribution in [-0.2, 0) is 6.54 Å². The van der Waals surface area contributed by atoms with E-state index in [1.807, 2.05) is 0 Å². The van der Waals surface area contributed by atoms with Crippen LogP contribution in [0.15, 0.2) is 35.2 Å². The number of anilines is 1. The summed E-state index contributed by atoms with van der Waals surface area (Å²) < 4.78 is 18.0. The molecule has 1 aromatic carbocycles. The number of nitro groups is 1. The van der Waals surface area contributed by atoms with Crippen LogP contribution in [-0.4, -0.2) is 9.91 Å². The third kappa shape index (κ3) is 2.77. The minimum atomic E-state index is -0.667. The lowest BCUT2D eigenvalue weighted by Gasteiger charge is -2.04. The summed E-state index contributed by atoms with van der Waals surface area (Å²) in [5.74, 6) is -0.115. The van der Waals surface area contributed by atoms with Crippen LogP contribution in [0.25, 0.3) is 0 Å². The molecule has 2 rings (SSSR count). The second-order valence-corrected chi connectivity index (χ2v) is 3.28. The van der Waals surface area contributed by atoms with Gasteiger partial charge in [0.05, 0.1) is 23.7 Å². The lowest BCUT2D eigenvalue weighted by atomic mass is 10.2. The molecule has 0 spiro atoms. The summed E-state index contributed by atoms with van der Waals surface area (Å²) in [5.41, 5.74) is 0.0122. The van der Waals surface area contributed by atoms with E-state index in [1.54, 1.807) is 0 Å². The van der Waals surface area contributed by atoms with Crippen LogP contribution in [0.3, 0.4) is 0 Å². The minimum Gasteiger partial charge on any atom is -0.447 e. The van der Waals surface area contributed by atoms with Crippen LogP contribution in [0.2, 0.25) is 0 Å². The molecule has 2 aromatic rings. The van der Waals surface area contributed by atoms with Gasteiger partial charge in [0.1, 0.15) is 11.6 Å². The molecule has 7 heteroatoms. The molecule has 6 nitrogen and oxygen atoms in total. The zero-order chi connectivity index (χ0) is 12.3. The quantitative estimate of drug-likeness (QED) is 0.651. The first kappa shape index (κ1) is 11.1. The monoisotopic (exact) mass is 237 g/mol. The maximum Gasteiger partial charge on any atom is 0.274 e. The number of oxazole rings is 1. The lowest BCUT2D eigenvalue weighted by Crippen LogP contribution is -2.00. The van der Waals surface area contributed by atoms with Gasteiger partial charge >= 0.3 is 0 Å². The Morgan fingerprint density at radius 1 is 1.47 bits per heavy atom. The number of non-ortho nitro benzene ring substituents is 1. The molecule has 0 aliphatic rings. The fraction of sp³-hybridized carbons (Fsp3) is 0.100. The smallest absolute Gasteiger partial charge is 0.274 e. The Kier molecular flexibility index (Phi) is 2.99. The van der Waals surface area contributed by atoms with Crippen LogP contribution in [0.5, 0.6) is 0 Å². The van der Waals surface area contributed by atoms with E-state index in [0.29, 0.717) is 11.4 Å². The molecule has 0 saturated heterocycles. The number of nitrogens with one attached hydrogen (secondary N) is 1. The molecular formula is C10H8FN3O3. The number of aromatic nitrogens is 1. The highest BCUT2D eigenvalue weighted by atomic mass is 19.1. The standard InChI is InChI=1S/C10H8FN3O3/c11-7-1-8(3-9(2-7)14(15)16)13-5-10-4-12-6-17-10/h1-4,6,13H,5H2. The number of nitro benzene ring substituents is 1. The van der Waals surface area contributed by atoms with Gasteiger partial charge < -0.3 is 9.73 Å². The minimum absolute atomic E-state index is 0.278. The van der Waals surface area contributed by atoms with Crippen LogP contribution in [0, 0.1) is 15.9 Å².